The molecule has 25 heavy (non-hydrogen) atoms. The molecule has 3 rings (SSSR count). The molecule has 1 unspecified atom stereocenters. The van der Waals surface area contributed by atoms with Gasteiger partial charge in [0.15, 0.2) is 6.61 Å². The first-order chi connectivity index (χ1) is 11.7. The van der Waals surface area contributed by atoms with E-state index in [-0.39, 0.29) is 30.8 Å². The molecular weight excluding hydrogens is 346 g/mol. The molecule has 138 valence electrons. The minimum absolute atomic E-state index is 0. The quantitative estimate of drug-likeness (QED) is 0.818. The summed E-state index contributed by atoms with van der Waals surface area (Å²) in [7, 11) is 0. The topological polar surface area (TPSA) is 71.1 Å². The van der Waals surface area contributed by atoms with Gasteiger partial charge in [-0.05, 0) is 12.1 Å². The van der Waals surface area contributed by atoms with E-state index >= 15 is 0 Å². The van der Waals surface area contributed by atoms with Crippen molar-refractivity contribution in [2.75, 3.05) is 52.5 Å². The molecule has 2 amide bonds. The minimum atomic E-state index is -0.401. The highest BCUT2D eigenvalue weighted by Crippen LogP contribution is 2.10. The molecule has 2 fully saturated rings. The number of nitrogens with one attached hydrogen (secondary N) is 1. The Morgan fingerprint density at radius 1 is 1.12 bits per heavy atom. The number of carbonyl (C=O) groups is 2. The van der Waals surface area contributed by atoms with Crippen LogP contribution in [0.3, 0.4) is 0 Å². The Labute approximate surface area is 153 Å². The van der Waals surface area contributed by atoms with Gasteiger partial charge >= 0.3 is 0 Å². The molecule has 0 radical (unpaired) electrons. The van der Waals surface area contributed by atoms with Crippen molar-refractivity contribution >= 4 is 24.2 Å². The molecule has 2 saturated heterocycles. The van der Waals surface area contributed by atoms with Gasteiger partial charge in [-0.3, -0.25) is 9.59 Å². The number of morpholine rings is 1. The molecule has 0 bridgehead atoms. The molecule has 2 aliphatic rings. The van der Waals surface area contributed by atoms with Crippen LogP contribution in [0.2, 0.25) is 0 Å². The molecule has 2 heterocycles. The van der Waals surface area contributed by atoms with Crippen molar-refractivity contribution in [3.8, 4) is 5.75 Å². The summed E-state index contributed by atoms with van der Waals surface area (Å²) in [6.45, 7) is 4.06. The van der Waals surface area contributed by atoms with E-state index in [9.17, 15) is 9.59 Å². The van der Waals surface area contributed by atoms with Gasteiger partial charge in [-0.1, -0.05) is 18.2 Å². The van der Waals surface area contributed by atoms with Crippen LogP contribution in [-0.2, 0) is 14.3 Å². The summed E-state index contributed by atoms with van der Waals surface area (Å²) in [5.41, 5.74) is 0. The second kappa shape index (κ2) is 9.60. The third-order valence-electron chi connectivity index (χ3n) is 4.25. The smallest absolute Gasteiger partial charge is 0.260 e. The predicted octanol–water partition coefficient (Wildman–Crippen LogP) is 0.146. The number of carbonyl (C=O) groups excluding carboxylic acids is 2. The summed E-state index contributed by atoms with van der Waals surface area (Å²) in [6, 6.07) is 9.28. The van der Waals surface area contributed by atoms with E-state index in [0.29, 0.717) is 45.1 Å². The lowest BCUT2D eigenvalue weighted by molar-refractivity contribution is -0.149. The molecular formula is C17H24ClN3O4. The summed E-state index contributed by atoms with van der Waals surface area (Å²) in [5, 5.41) is 3.16. The molecule has 1 N–H and O–H groups in total. The molecule has 1 atom stereocenters. The first-order valence-electron chi connectivity index (χ1n) is 8.31. The van der Waals surface area contributed by atoms with Crippen molar-refractivity contribution in [3.63, 3.8) is 0 Å². The highest BCUT2D eigenvalue weighted by Gasteiger charge is 2.30. The fourth-order valence-corrected chi connectivity index (χ4v) is 2.86. The van der Waals surface area contributed by atoms with Crippen molar-refractivity contribution in [1.29, 1.82) is 0 Å². The molecule has 8 heteroatoms. The molecule has 0 spiro atoms. The Morgan fingerprint density at radius 3 is 2.44 bits per heavy atom. The van der Waals surface area contributed by atoms with Gasteiger partial charge in [-0.15, -0.1) is 12.4 Å². The van der Waals surface area contributed by atoms with Gasteiger partial charge in [0.1, 0.15) is 11.9 Å². The highest BCUT2D eigenvalue weighted by molar-refractivity contribution is 5.85. The van der Waals surface area contributed by atoms with Gasteiger partial charge in [0, 0.05) is 39.3 Å². The van der Waals surface area contributed by atoms with Gasteiger partial charge in [0.25, 0.3) is 11.8 Å². The summed E-state index contributed by atoms with van der Waals surface area (Å²) in [5.74, 6) is 0.637. The number of para-hydroxylation sites is 1. The Bertz CT molecular complexity index is 558. The second-order valence-electron chi connectivity index (χ2n) is 5.87. The number of hydrogen-bond acceptors (Lipinski definition) is 5. The van der Waals surface area contributed by atoms with Crippen molar-refractivity contribution in [2.24, 2.45) is 0 Å². The van der Waals surface area contributed by atoms with Crippen LogP contribution in [0.4, 0.5) is 0 Å². The first kappa shape index (κ1) is 19.5. The lowest BCUT2D eigenvalue weighted by Gasteiger charge is -2.37. The molecule has 1 aromatic rings. The molecule has 0 aliphatic carbocycles. The van der Waals surface area contributed by atoms with Crippen LogP contribution in [0, 0.1) is 0 Å². The Kier molecular flexibility index (Phi) is 7.49. The van der Waals surface area contributed by atoms with Crippen molar-refractivity contribution in [2.45, 2.75) is 6.10 Å². The minimum Gasteiger partial charge on any atom is -0.484 e. The van der Waals surface area contributed by atoms with Gasteiger partial charge in [-0.25, -0.2) is 0 Å². The average molecular weight is 370 g/mol. The number of ether oxygens (including phenoxy) is 2. The normalized spacial score (nSPS) is 20.6. The van der Waals surface area contributed by atoms with Crippen LogP contribution in [0.15, 0.2) is 30.3 Å². The SMILES string of the molecule is Cl.O=C(COc1ccccc1)N1CCN(C(=O)C2CNCCO2)CC1. The molecule has 0 aromatic heterocycles. The Hall–Kier alpha value is -1.83. The lowest BCUT2D eigenvalue weighted by Crippen LogP contribution is -2.56. The van der Waals surface area contributed by atoms with Crippen LogP contribution in [0.1, 0.15) is 0 Å². The van der Waals surface area contributed by atoms with Crippen LogP contribution in [0.5, 0.6) is 5.75 Å². The van der Waals surface area contributed by atoms with Crippen LogP contribution in [-0.4, -0.2) is 80.2 Å². The maximum Gasteiger partial charge on any atom is 0.260 e. The first-order valence-corrected chi connectivity index (χ1v) is 8.31. The maximum atomic E-state index is 12.4. The summed E-state index contributed by atoms with van der Waals surface area (Å²) in [4.78, 5) is 28.1. The largest absolute Gasteiger partial charge is 0.484 e. The Morgan fingerprint density at radius 2 is 1.80 bits per heavy atom. The van der Waals surface area contributed by atoms with E-state index in [2.05, 4.69) is 5.32 Å². The standard InChI is InChI=1S/C17H23N3O4.ClH/c21-16(13-24-14-4-2-1-3-5-14)19-7-9-20(10-8-19)17(22)15-12-18-6-11-23-15;/h1-5,15,18H,6-13H2;1H. The monoisotopic (exact) mass is 369 g/mol. The van der Waals surface area contributed by atoms with E-state index in [1.807, 2.05) is 30.3 Å². The van der Waals surface area contributed by atoms with Crippen LogP contribution in [0.25, 0.3) is 0 Å². The van der Waals surface area contributed by atoms with Crippen LogP contribution < -0.4 is 10.1 Å². The number of halogens is 1. The number of benzene rings is 1. The second-order valence-corrected chi connectivity index (χ2v) is 5.87. The van der Waals surface area contributed by atoms with Gasteiger partial charge in [0.2, 0.25) is 0 Å². The third-order valence-corrected chi connectivity index (χ3v) is 4.25. The van der Waals surface area contributed by atoms with Gasteiger partial charge < -0.3 is 24.6 Å². The fourth-order valence-electron chi connectivity index (χ4n) is 2.86. The zero-order chi connectivity index (χ0) is 16.8. The van der Waals surface area contributed by atoms with Crippen molar-refractivity contribution < 1.29 is 19.1 Å². The molecule has 0 saturated carbocycles. The molecule has 1 aromatic carbocycles. The van der Waals surface area contributed by atoms with E-state index < -0.39 is 6.10 Å². The number of nitrogens with zero attached hydrogens (tertiary/aromatic N) is 2. The average Bonchev–Trinajstić information content (AvgIpc) is 2.67. The Balaban J connectivity index is 0.00000225. The fraction of sp³-hybridized carbons (Fsp3) is 0.529. The number of amides is 2. The zero-order valence-electron chi connectivity index (χ0n) is 14.1. The van der Waals surface area contributed by atoms with Crippen molar-refractivity contribution in [1.82, 2.24) is 15.1 Å². The van der Waals surface area contributed by atoms with Gasteiger partial charge in [-0.2, -0.15) is 0 Å². The maximum absolute atomic E-state index is 12.4. The third kappa shape index (κ3) is 5.32. The summed E-state index contributed by atoms with van der Waals surface area (Å²) < 4.78 is 11.0. The van der Waals surface area contributed by atoms with Gasteiger partial charge in [0.05, 0.1) is 6.61 Å². The summed E-state index contributed by atoms with van der Waals surface area (Å²) in [6.07, 6.45) is -0.401. The van der Waals surface area contributed by atoms with Crippen LogP contribution >= 0.6 is 12.4 Å². The van der Waals surface area contributed by atoms with E-state index in [1.165, 1.54) is 0 Å². The van der Waals surface area contributed by atoms with E-state index in [4.69, 9.17) is 9.47 Å². The lowest BCUT2D eigenvalue weighted by atomic mass is 10.2. The zero-order valence-corrected chi connectivity index (χ0v) is 14.9. The number of hydrogen-bond donors (Lipinski definition) is 1. The molecule has 7 nitrogen and oxygen atoms in total. The predicted molar refractivity (Wildman–Crippen MR) is 95.0 cm³/mol. The highest BCUT2D eigenvalue weighted by atomic mass is 35.5. The van der Waals surface area contributed by atoms with E-state index in [1.54, 1.807) is 9.80 Å². The van der Waals surface area contributed by atoms with Crippen molar-refractivity contribution in [3.05, 3.63) is 30.3 Å². The molecule has 2 aliphatic heterocycles. The number of piperazine rings is 1. The number of rotatable bonds is 4. The van der Waals surface area contributed by atoms with E-state index in [0.717, 1.165) is 6.54 Å². The summed E-state index contributed by atoms with van der Waals surface area (Å²) >= 11 is 0.